The normalized spacial score (nSPS) is 7.95. The van der Waals surface area contributed by atoms with Crippen LogP contribution in [0.1, 0.15) is 108 Å². The summed E-state index contributed by atoms with van der Waals surface area (Å²) < 4.78 is 0. The molecule has 0 N–H and O–H groups in total. The summed E-state index contributed by atoms with van der Waals surface area (Å²) in [5.41, 5.74) is 1.39. The van der Waals surface area contributed by atoms with E-state index in [0.29, 0.717) is 5.92 Å². The Bertz CT molecular complexity index is 628. The van der Waals surface area contributed by atoms with Crippen LogP contribution in [-0.4, -0.2) is 19.9 Å². The highest BCUT2D eigenvalue weighted by atomic mass is 14.6. The van der Waals surface area contributed by atoms with Crippen LogP contribution in [0.15, 0.2) is 116 Å². The van der Waals surface area contributed by atoms with Crippen LogP contribution in [0.2, 0.25) is 0 Å². The Morgan fingerprint density at radius 2 is 0.692 bits per heavy atom. The van der Waals surface area contributed by atoms with Gasteiger partial charge in [0.2, 0.25) is 0 Å². The van der Waals surface area contributed by atoms with Crippen molar-refractivity contribution in [3.63, 3.8) is 0 Å². The second kappa shape index (κ2) is 51.3. The second-order valence-electron chi connectivity index (χ2n) is 6.37. The maximum absolute atomic E-state index is 3.96. The molecule has 4 nitrogen and oxygen atoms in total. The van der Waals surface area contributed by atoms with Crippen molar-refractivity contribution in [1.29, 1.82) is 0 Å². The molecule has 0 radical (unpaired) electrons. The summed E-state index contributed by atoms with van der Waals surface area (Å²) >= 11 is 0. The van der Waals surface area contributed by atoms with Crippen molar-refractivity contribution < 1.29 is 0 Å². The predicted molar refractivity (Wildman–Crippen MR) is 179 cm³/mol. The summed E-state index contributed by atoms with van der Waals surface area (Å²) in [7, 11) is 0. The van der Waals surface area contributed by atoms with Crippen molar-refractivity contribution >= 4 is 0 Å². The molecule has 0 saturated carbocycles. The van der Waals surface area contributed by atoms with Crippen LogP contribution in [0.5, 0.6) is 0 Å². The molecule has 0 aliphatic carbocycles. The fourth-order valence-electron chi connectivity index (χ4n) is 1.87. The summed E-state index contributed by atoms with van der Waals surface area (Å²) in [6.07, 6.45) is 16.6. The Labute approximate surface area is 244 Å². The lowest BCUT2D eigenvalue weighted by atomic mass is 10.0. The van der Waals surface area contributed by atoms with Gasteiger partial charge >= 0.3 is 0 Å². The maximum atomic E-state index is 3.96. The molecule has 4 heterocycles. The zero-order chi connectivity index (χ0) is 28.8. The van der Waals surface area contributed by atoms with Gasteiger partial charge in [-0.2, -0.15) is 0 Å². The quantitative estimate of drug-likeness (QED) is 0.254. The van der Waals surface area contributed by atoms with E-state index in [4.69, 9.17) is 0 Å². The third kappa shape index (κ3) is 45.0. The smallest absolute Gasteiger partial charge is 0.0270 e. The number of rotatable bonds is 2. The molecule has 4 aromatic rings. The zero-order valence-corrected chi connectivity index (χ0v) is 25.3. The van der Waals surface area contributed by atoms with Crippen LogP contribution < -0.4 is 0 Å². The van der Waals surface area contributed by atoms with Crippen molar-refractivity contribution in [3.05, 3.63) is 122 Å². The van der Waals surface area contributed by atoms with Crippen LogP contribution in [0.4, 0.5) is 0 Å². The lowest BCUT2D eigenvalue weighted by Crippen LogP contribution is -1.89. The van der Waals surface area contributed by atoms with Gasteiger partial charge in [-0.15, -0.1) is 0 Å². The molecule has 0 fully saturated rings. The molecule has 0 saturated heterocycles. The Balaban J connectivity index is -0.0000000847. The number of aromatic nitrogens is 4. The van der Waals surface area contributed by atoms with Gasteiger partial charge in [-0.25, -0.2) is 0 Å². The van der Waals surface area contributed by atoms with Crippen LogP contribution in [0.25, 0.3) is 0 Å². The van der Waals surface area contributed by atoms with Gasteiger partial charge in [0, 0.05) is 49.6 Å². The van der Waals surface area contributed by atoms with Crippen molar-refractivity contribution in [2.24, 2.45) is 0 Å². The van der Waals surface area contributed by atoms with E-state index in [-0.39, 0.29) is 14.9 Å². The van der Waals surface area contributed by atoms with E-state index < -0.39 is 0 Å². The highest BCUT2D eigenvalue weighted by molar-refractivity contribution is 5.14. The molecule has 4 heteroatoms. The van der Waals surface area contributed by atoms with E-state index in [1.54, 1.807) is 37.2 Å². The van der Waals surface area contributed by atoms with Crippen LogP contribution in [0, 0.1) is 0 Å². The molecule has 4 aromatic heterocycles. The van der Waals surface area contributed by atoms with Gasteiger partial charge in [0.15, 0.2) is 0 Å². The molecule has 0 spiro atoms. The molecule has 1 atom stereocenters. The molecule has 0 bridgehead atoms. The molecule has 0 aliphatic rings. The molecule has 4 rings (SSSR count). The Hall–Kier alpha value is -3.40. The average Bonchev–Trinajstić information content (AvgIpc) is 3.04. The van der Waals surface area contributed by atoms with Crippen molar-refractivity contribution in [1.82, 2.24) is 19.9 Å². The number of hydrogen-bond acceptors (Lipinski definition) is 4. The van der Waals surface area contributed by atoms with E-state index in [1.807, 2.05) is 109 Å². The van der Waals surface area contributed by atoms with E-state index in [1.165, 1.54) is 18.4 Å². The second-order valence-corrected chi connectivity index (χ2v) is 6.37. The monoisotopic (exact) mass is 538 g/mol. The first-order chi connectivity index (χ1) is 18.3. The molecule has 0 aliphatic heterocycles. The topological polar surface area (TPSA) is 51.6 Å². The van der Waals surface area contributed by atoms with Gasteiger partial charge in [-0.3, -0.25) is 19.9 Å². The van der Waals surface area contributed by atoms with E-state index >= 15 is 0 Å². The molecule has 1 unspecified atom stereocenters. The standard InChI is InChI=1S/C9H13N.3C5H5N.C3H8.3C2H6.2CH4/c1-3-8(2)9-4-6-10-7-5-9;3*1-2-4-6-5-3-1;1-3-2;3*1-2;;/h4-8H,3H2,1-2H3;3*1-5H;3H2,1-2H3;3*1-2H3;2*1H4. The predicted octanol–water partition coefficient (Wildman–Crippen LogP) is 11.6. The minimum Gasteiger partial charge on any atom is -0.265 e. The van der Waals surface area contributed by atoms with Crippen LogP contribution in [-0.2, 0) is 0 Å². The summed E-state index contributed by atoms with van der Waals surface area (Å²) in [5.74, 6) is 0.669. The first-order valence-corrected chi connectivity index (χ1v) is 13.7. The summed E-state index contributed by atoms with van der Waals surface area (Å²) in [6, 6.07) is 21.3. The lowest BCUT2D eigenvalue weighted by Gasteiger charge is -2.06. The number of nitrogens with zero attached hydrogens (tertiary/aromatic N) is 4. The van der Waals surface area contributed by atoms with Crippen LogP contribution >= 0.6 is 0 Å². The van der Waals surface area contributed by atoms with Crippen molar-refractivity contribution in [2.75, 3.05) is 0 Å². The molecule has 39 heavy (non-hydrogen) atoms. The minimum atomic E-state index is 0. The van der Waals surface area contributed by atoms with E-state index in [9.17, 15) is 0 Å². The lowest BCUT2D eigenvalue weighted by molar-refractivity contribution is 0.732. The first-order valence-electron chi connectivity index (χ1n) is 13.7. The SMILES string of the molecule is C.C.CC.CC.CC.CCC.CCC(C)c1ccncc1.c1ccncc1.c1ccncc1.c1ccncc1. The van der Waals surface area contributed by atoms with E-state index in [0.717, 1.165) is 0 Å². The Kier molecular flexibility index (Phi) is 64.0. The van der Waals surface area contributed by atoms with Crippen LogP contribution in [0.3, 0.4) is 0 Å². The van der Waals surface area contributed by atoms with Crippen molar-refractivity contribution in [2.45, 2.75) is 103 Å². The van der Waals surface area contributed by atoms with E-state index in [2.05, 4.69) is 59.8 Å². The van der Waals surface area contributed by atoms with Crippen molar-refractivity contribution in [3.8, 4) is 0 Å². The molecule has 222 valence electrons. The van der Waals surface area contributed by atoms with Gasteiger partial charge in [0.25, 0.3) is 0 Å². The average molecular weight is 539 g/mol. The van der Waals surface area contributed by atoms with Gasteiger partial charge in [-0.1, -0.05) is 109 Å². The minimum absolute atomic E-state index is 0. The molecule has 0 aromatic carbocycles. The summed E-state index contributed by atoms with van der Waals surface area (Å²) in [4.78, 5) is 15.3. The summed E-state index contributed by atoms with van der Waals surface area (Å²) in [5, 5.41) is 0. The molecular weight excluding hydrogens is 476 g/mol. The fourth-order valence-corrected chi connectivity index (χ4v) is 1.87. The highest BCUT2D eigenvalue weighted by Gasteiger charge is 1.99. The van der Waals surface area contributed by atoms with Gasteiger partial charge in [0.05, 0.1) is 0 Å². The highest BCUT2D eigenvalue weighted by Crippen LogP contribution is 2.16. The Morgan fingerprint density at radius 3 is 0.846 bits per heavy atom. The third-order valence-corrected chi connectivity index (χ3v) is 3.59. The molecule has 0 amide bonds. The fraction of sp³-hybridized carbons (Fsp3) is 0.429. The maximum Gasteiger partial charge on any atom is 0.0270 e. The van der Waals surface area contributed by atoms with Gasteiger partial charge in [-0.05, 0) is 66.4 Å². The first kappa shape index (κ1) is 48.6. The number of pyridine rings is 4. The van der Waals surface area contributed by atoms with Gasteiger partial charge < -0.3 is 0 Å². The zero-order valence-electron chi connectivity index (χ0n) is 25.3. The molecular formula is C35H62N4. The van der Waals surface area contributed by atoms with Gasteiger partial charge in [0.1, 0.15) is 0 Å². The third-order valence-electron chi connectivity index (χ3n) is 3.59. The summed E-state index contributed by atoms with van der Waals surface area (Å²) in [6.45, 7) is 20.7. The number of hydrogen-bond donors (Lipinski definition) is 0. The largest absolute Gasteiger partial charge is 0.265 e. The Morgan fingerprint density at radius 1 is 0.462 bits per heavy atom.